The Kier molecular flexibility index (Phi) is 4.24. The Bertz CT molecular complexity index is 653. The maximum Gasteiger partial charge on any atom is 0.150 e. The Morgan fingerprint density at radius 3 is 2.24 bits per heavy atom. The molecule has 1 aromatic carbocycles. The molecule has 1 fully saturated rings. The van der Waals surface area contributed by atoms with Crippen LogP contribution in [0.1, 0.15) is 17.9 Å². The summed E-state index contributed by atoms with van der Waals surface area (Å²) in [6.45, 7) is 0. The highest BCUT2D eigenvalue weighted by Crippen LogP contribution is 2.42. The molecular formula is C16H15N5. The zero-order valence-corrected chi connectivity index (χ0v) is 12.0. The summed E-state index contributed by atoms with van der Waals surface area (Å²) in [6, 6.07) is 15.5. The first-order valence-corrected chi connectivity index (χ1v) is 6.59. The summed E-state index contributed by atoms with van der Waals surface area (Å²) < 4.78 is 0. The van der Waals surface area contributed by atoms with Crippen molar-refractivity contribution in [2.45, 2.75) is 18.4 Å². The van der Waals surface area contributed by atoms with Crippen molar-refractivity contribution < 1.29 is 0 Å². The van der Waals surface area contributed by atoms with Crippen molar-refractivity contribution in [2.24, 2.45) is 0 Å². The lowest BCUT2D eigenvalue weighted by molar-refractivity contribution is 0.0606. The molecule has 0 unspecified atom stereocenters. The molecule has 5 nitrogen and oxygen atoms in total. The van der Waals surface area contributed by atoms with E-state index in [1.165, 1.54) is 0 Å². The normalized spacial score (nSPS) is 20.8. The van der Waals surface area contributed by atoms with Gasteiger partial charge in [0.05, 0.1) is 11.8 Å². The van der Waals surface area contributed by atoms with Gasteiger partial charge in [-0.3, -0.25) is 5.01 Å². The van der Waals surface area contributed by atoms with E-state index in [2.05, 4.69) is 6.07 Å². The van der Waals surface area contributed by atoms with Crippen LogP contribution in [0.3, 0.4) is 0 Å². The molecule has 0 aliphatic carbocycles. The highest BCUT2D eigenvalue weighted by Gasteiger charge is 2.40. The predicted octanol–water partition coefficient (Wildman–Crippen LogP) is 2.15. The summed E-state index contributed by atoms with van der Waals surface area (Å²) in [4.78, 5) is 0. The Labute approximate surface area is 124 Å². The first-order chi connectivity index (χ1) is 10.1. The van der Waals surface area contributed by atoms with Crippen molar-refractivity contribution in [1.82, 2.24) is 10.0 Å². The molecule has 21 heavy (non-hydrogen) atoms. The summed E-state index contributed by atoms with van der Waals surface area (Å²) in [7, 11) is 3.62. The van der Waals surface area contributed by atoms with Crippen LogP contribution in [0.25, 0.3) is 0 Å². The van der Waals surface area contributed by atoms with Gasteiger partial charge >= 0.3 is 0 Å². The van der Waals surface area contributed by atoms with Crippen molar-refractivity contribution in [3.05, 3.63) is 47.2 Å². The van der Waals surface area contributed by atoms with E-state index in [4.69, 9.17) is 0 Å². The first-order valence-electron chi connectivity index (χ1n) is 6.59. The zero-order chi connectivity index (χ0) is 15.4. The number of allylic oxidation sites excluding steroid dienone is 2. The highest BCUT2D eigenvalue weighted by atomic mass is 15.6. The Morgan fingerprint density at radius 1 is 1.14 bits per heavy atom. The fourth-order valence-electron chi connectivity index (χ4n) is 2.77. The minimum absolute atomic E-state index is 0.0651. The quantitative estimate of drug-likeness (QED) is 0.774. The van der Waals surface area contributed by atoms with E-state index in [9.17, 15) is 15.8 Å². The molecule has 0 N–H and O–H groups in total. The average Bonchev–Trinajstić information content (AvgIpc) is 2.89. The Balaban J connectivity index is 2.61. The minimum atomic E-state index is -0.378. The molecule has 0 saturated carbocycles. The van der Waals surface area contributed by atoms with Gasteiger partial charge in [0.15, 0.2) is 5.57 Å². The predicted molar refractivity (Wildman–Crippen MR) is 77.0 cm³/mol. The van der Waals surface area contributed by atoms with Crippen molar-refractivity contribution in [3.63, 3.8) is 0 Å². The summed E-state index contributed by atoms with van der Waals surface area (Å²) in [6.07, 6.45) is 0.570. The molecule has 0 aromatic heterocycles. The number of nitriles is 3. The van der Waals surface area contributed by atoms with Crippen molar-refractivity contribution >= 4 is 0 Å². The number of hydrazine groups is 1. The maximum absolute atomic E-state index is 9.39. The van der Waals surface area contributed by atoms with Crippen molar-refractivity contribution in [3.8, 4) is 18.2 Å². The van der Waals surface area contributed by atoms with Gasteiger partial charge in [0.2, 0.25) is 0 Å². The largest absolute Gasteiger partial charge is 0.290 e. The molecule has 1 saturated heterocycles. The van der Waals surface area contributed by atoms with Gasteiger partial charge in [0.25, 0.3) is 0 Å². The molecule has 0 amide bonds. The number of hydrogen-bond acceptors (Lipinski definition) is 5. The van der Waals surface area contributed by atoms with Crippen LogP contribution in [0.4, 0.5) is 0 Å². The molecule has 1 aliphatic rings. The average molecular weight is 277 g/mol. The summed E-state index contributed by atoms with van der Waals surface area (Å²) in [5.74, 6) is -0.118. The molecule has 0 radical (unpaired) electrons. The topological polar surface area (TPSA) is 77.8 Å². The van der Waals surface area contributed by atoms with E-state index in [1.807, 2.05) is 56.6 Å². The first kappa shape index (κ1) is 14.6. The van der Waals surface area contributed by atoms with Gasteiger partial charge < -0.3 is 0 Å². The van der Waals surface area contributed by atoms with Crippen LogP contribution >= 0.6 is 0 Å². The van der Waals surface area contributed by atoms with E-state index in [1.54, 1.807) is 10.0 Å². The fraction of sp³-hybridized carbons (Fsp3) is 0.312. The van der Waals surface area contributed by atoms with Crippen LogP contribution < -0.4 is 0 Å². The second-order valence-electron chi connectivity index (χ2n) is 5.02. The molecule has 1 aliphatic heterocycles. The molecule has 1 aromatic rings. The van der Waals surface area contributed by atoms with E-state index in [-0.39, 0.29) is 17.5 Å². The lowest BCUT2D eigenvalue weighted by atomic mass is 9.92. The van der Waals surface area contributed by atoms with E-state index in [0.717, 1.165) is 5.56 Å². The standard InChI is InChI=1S/C16H15N5/c1-20(2)21-14(11-19)8-15(12-6-4-3-5-7-12)16(21)13(9-17)10-18/h3-7,14-15H,8H2,1-2H3/t14-,15+/m0/s1. The minimum Gasteiger partial charge on any atom is -0.290 e. The smallest absolute Gasteiger partial charge is 0.150 e. The van der Waals surface area contributed by atoms with Crippen LogP contribution in [0.15, 0.2) is 41.6 Å². The SMILES string of the molecule is CN(C)N1C(=C(C#N)C#N)[C@@H](c2ccccc2)C[C@H]1C#N. The van der Waals surface area contributed by atoms with E-state index >= 15 is 0 Å². The Morgan fingerprint density at radius 2 is 1.76 bits per heavy atom. The van der Waals surface area contributed by atoms with Crippen LogP contribution in [0.5, 0.6) is 0 Å². The molecule has 2 rings (SSSR count). The molecule has 5 heteroatoms. The van der Waals surface area contributed by atoms with Crippen molar-refractivity contribution in [1.29, 1.82) is 15.8 Å². The zero-order valence-electron chi connectivity index (χ0n) is 12.0. The van der Waals surface area contributed by atoms with Crippen LogP contribution in [0.2, 0.25) is 0 Å². The molecule has 0 spiro atoms. The molecular weight excluding hydrogens is 262 g/mol. The van der Waals surface area contributed by atoms with Gasteiger partial charge in [0, 0.05) is 20.0 Å². The summed E-state index contributed by atoms with van der Waals surface area (Å²) in [5.41, 5.74) is 1.69. The third kappa shape index (κ3) is 2.58. The molecule has 104 valence electrons. The maximum atomic E-state index is 9.39. The van der Waals surface area contributed by atoms with Gasteiger partial charge in [-0.2, -0.15) is 15.8 Å². The van der Waals surface area contributed by atoms with E-state index in [0.29, 0.717) is 12.1 Å². The number of nitrogens with zero attached hydrogens (tertiary/aromatic N) is 5. The second kappa shape index (κ2) is 6.09. The lowest BCUT2D eigenvalue weighted by Gasteiger charge is -2.31. The van der Waals surface area contributed by atoms with Gasteiger partial charge in [-0.05, 0) is 12.0 Å². The lowest BCUT2D eigenvalue weighted by Crippen LogP contribution is -2.39. The Hall–Kier alpha value is -2.81. The number of benzene rings is 1. The van der Waals surface area contributed by atoms with Gasteiger partial charge in [-0.1, -0.05) is 30.3 Å². The number of rotatable bonds is 2. The van der Waals surface area contributed by atoms with Crippen LogP contribution in [0, 0.1) is 34.0 Å². The van der Waals surface area contributed by atoms with Crippen LogP contribution in [-0.2, 0) is 0 Å². The third-order valence-corrected chi connectivity index (χ3v) is 3.59. The summed E-state index contributed by atoms with van der Waals surface area (Å²) in [5, 5.41) is 31.4. The second-order valence-corrected chi connectivity index (χ2v) is 5.02. The monoisotopic (exact) mass is 277 g/mol. The van der Waals surface area contributed by atoms with Gasteiger partial charge in [-0.25, -0.2) is 5.01 Å². The summed E-state index contributed by atoms with van der Waals surface area (Å²) >= 11 is 0. The van der Waals surface area contributed by atoms with Crippen molar-refractivity contribution in [2.75, 3.05) is 14.1 Å². The third-order valence-electron chi connectivity index (χ3n) is 3.59. The van der Waals surface area contributed by atoms with Gasteiger partial charge in [-0.15, -0.1) is 0 Å². The fourth-order valence-corrected chi connectivity index (χ4v) is 2.77. The molecule has 0 bridgehead atoms. The molecule has 1 heterocycles. The highest BCUT2D eigenvalue weighted by molar-refractivity contribution is 5.47. The van der Waals surface area contributed by atoms with Gasteiger partial charge in [0.1, 0.15) is 18.2 Å². The van der Waals surface area contributed by atoms with E-state index < -0.39 is 0 Å². The van der Waals surface area contributed by atoms with Crippen LogP contribution in [-0.4, -0.2) is 30.2 Å². The number of hydrogen-bond donors (Lipinski definition) is 0. The molecule has 2 atom stereocenters.